The van der Waals surface area contributed by atoms with Crippen LogP contribution in [0, 0.1) is 13.8 Å². The lowest BCUT2D eigenvalue weighted by molar-refractivity contribution is -0.139. The van der Waals surface area contributed by atoms with E-state index >= 15 is 0 Å². The third kappa shape index (κ3) is 6.79. The highest BCUT2D eigenvalue weighted by molar-refractivity contribution is 7.99. The number of benzene rings is 2. The normalized spacial score (nSPS) is 11.8. The molecule has 0 aliphatic heterocycles. The number of halogens is 1. The number of nitrogens with one attached hydrogen (secondary N) is 1. The summed E-state index contributed by atoms with van der Waals surface area (Å²) in [6.07, 6.45) is 0.539. The molecule has 4 nitrogen and oxygen atoms in total. The first-order valence-electron chi connectivity index (χ1n) is 9.75. The number of carbonyl (C=O) groups excluding carboxylic acids is 2. The molecule has 0 fully saturated rings. The molecule has 0 aliphatic rings. The standard InChI is InChI=1S/C23H29ClN2O2S/c1-5-21(23(28)25-4)26(13-19-8-6-7-9-20(19)24)22(27)15-29-14-18-11-16(2)10-17(3)12-18/h6-12,21H,5,13-15H2,1-4H3,(H,25,28)/t21-/m0/s1. The first-order valence-corrected chi connectivity index (χ1v) is 11.3. The van der Waals surface area contributed by atoms with Gasteiger partial charge >= 0.3 is 0 Å². The van der Waals surface area contributed by atoms with Crippen molar-refractivity contribution < 1.29 is 9.59 Å². The van der Waals surface area contributed by atoms with Gasteiger partial charge in [0.1, 0.15) is 6.04 Å². The zero-order valence-electron chi connectivity index (χ0n) is 17.5. The zero-order chi connectivity index (χ0) is 21.4. The van der Waals surface area contributed by atoms with Crippen molar-refractivity contribution in [3.8, 4) is 0 Å². The van der Waals surface area contributed by atoms with Crippen LogP contribution in [0.2, 0.25) is 5.02 Å². The number of thioether (sulfide) groups is 1. The van der Waals surface area contributed by atoms with E-state index in [-0.39, 0.29) is 11.8 Å². The van der Waals surface area contributed by atoms with Crippen LogP contribution in [-0.2, 0) is 21.9 Å². The number of aryl methyl sites for hydroxylation is 2. The summed E-state index contributed by atoms with van der Waals surface area (Å²) in [5.74, 6) is 0.845. The van der Waals surface area contributed by atoms with Crippen LogP contribution >= 0.6 is 23.4 Å². The van der Waals surface area contributed by atoms with Crippen LogP contribution in [0.4, 0.5) is 0 Å². The molecule has 2 aromatic carbocycles. The highest BCUT2D eigenvalue weighted by Gasteiger charge is 2.28. The second-order valence-electron chi connectivity index (χ2n) is 7.14. The average molecular weight is 433 g/mol. The second kappa shape index (κ2) is 11.3. The van der Waals surface area contributed by atoms with Crippen LogP contribution in [0.3, 0.4) is 0 Å². The van der Waals surface area contributed by atoms with Gasteiger partial charge in [0.2, 0.25) is 11.8 Å². The SMILES string of the molecule is CC[C@@H](C(=O)NC)N(Cc1ccccc1Cl)C(=O)CSCc1cc(C)cc(C)c1. The minimum atomic E-state index is -0.523. The molecule has 6 heteroatoms. The van der Waals surface area contributed by atoms with E-state index in [4.69, 9.17) is 11.6 Å². The maximum absolute atomic E-state index is 13.1. The van der Waals surface area contributed by atoms with Crippen LogP contribution in [0.5, 0.6) is 0 Å². The Hall–Kier alpha value is -1.98. The van der Waals surface area contributed by atoms with Crippen molar-refractivity contribution >= 4 is 35.2 Å². The summed E-state index contributed by atoms with van der Waals surface area (Å²) in [4.78, 5) is 27.1. The fourth-order valence-corrected chi connectivity index (χ4v) is 4.43. The fraction of sp³-hybridized carbons (Fsp3) is 0.391. The Bertz CT molecular complexity index is 836. The fourth-order valence-electron chi connectivity index (χ4n) is 3.39. The highest BCUT2D eigenvalue weighted by Crippen LogP contribution is 2.22. The molecule has 0 heterocycles. The zero-order valence-corrected chi connectivity index (χ0v) is 19.1. The lowest BCUT2D eigenvalue weighted by Gasteiger charge is -2.30. The molecule has 29 heavy (non-hydrogen) atoms. The molecule has 2 amide bonds. The molecule has 0 saturated heterocycles. The summed E-state index contributed by atoms with van der Waals surface area (Å²) in [6.45, 7) is 6.38. The monoisotopic (exact) mass is 432 g/mol. The Morgan fingerprint density at radius 2 is 1.79 bits per heavy atom. The second-order valence-corrected chi connectivity index (χ2v) is 8.53. The first-order chi connectivity index (χ1) is 13.8. The van der Waals surface area contributed by atoms with Gasteiger partial charge in [-0.2, -0.15) is 0 Å². The number of nitrogens with zero attached hydrogens (tertiary/aromatic N) is 1. The molecule has 1 N–H and O–H groups in total. The van der Waals surface area contributed by atoms with E-state index in [1.807, 2.05) is 25.1 Å². The topological polar surface area (TPSA) is 49.4 Å². The van der Waals surface area contributed by atoms with Gasteiger partial charge in [0.25, 0.3) is 0 Å². The molecule has 1 atom stereocenters. The van der Waals surface area contributed by atoms with Gasteiger partial charge in [-0.25, -0.2) is 0 Å². The molecule has 0 aliphatic carbocycles. The van der Waals surface area contributed by atoms with Crippen molar-refractivity contribution in [1.29, 1.82) is 0 Å². The van der Waals surface area contributed by atoms with Crippen LogP contribution in [-0.4, -0.2) is 35.6 Å². The van der Waals surface area contributed by atoms with Gasteiger partial charge in [0, 0.05) is 24.4 Å². The van der Waals surface area contributed by atoms with Gasteiger partial charge in [0.05, 0.1) is 5.75 Å². The van der Waals surface area contributed by atoms with E-state index in [1.165, 1.54) is 16.7 Å². The number of rotatable bonds is 9. The largest absolute Gasteiger partial charge is 0.357 e. The number of carbonyl (C=O) groups is 2. The molecule has 0 bridgehead atoms. The maximum atomic E-state index is 13.1. The van der Waals surface area contributed by atoms with E-state index in [9.17, 15) is 9.59 Å². The van der Waals surface area contributed by atoms with Crippen LogP contribution in [0.15, 0.2) is 42.5 Å². The highest BCUT2D eigenvalue weighted by atomic mass is 35.5. The Balaban J connectivity index is 2.12. The van der Waals surface area contributed by atoms with E-state index in [0.717, 1.165) is 11.3 Å². The van der Waals surface area contributed by atoms with Gasteiger partial charge in [-0.1, -0.05) is 66.0 Å². The van der Waals surface area contributed by atoms with Gasteiger partial charge in [-0.05, 0) is 37.5 Å². The minimum Gasteiger partial charge on any atom is -0.357 e. The van der Waals surface area contributed by atoms with Crippen molar-refractivity contribution in [2.24, 2.45) is 0 Å². The summed E-state index contributed by atoms with van der Waals surface area (Å²) in [7, 11) is 1.60. The quantitative estimate of drug-likeness (QED) is 0.622. The number of amides is 2. The predicted octanol–water partition coefficient (Wildman–Crippen LogP) is 4.74. The lowest BCUT2D eigenvalue weighted by atomic mass is 10.1. The molecule has 0 spiro atoms. The van der Waals surface area contributed by atoms with Crippen LogP contribution in [0.25, 0.3) is 0 Å². The molecule has 0 aromatic heterocycles. The molecular formula is C23H29ClN2O2S. The van der Waals surface area contributed by atoms with Gasteiger partial charge in [0.15, 0.2) is 0 Å². The van der Waals surface area contributed by atoms with Gasteiger partial charge in [-0.15, -0.1) is 11.8 Å². The van der Waals surface area contributed by atoms with E-state index in [0.29, 0.717) is 23.7 Å². The van der Waals surface area contributed by atoms with Crippen molar-refractivity contribution in [3.05, 3.63) is 69.7 Å². The van der Waals surface area contributed by atoms with Crippen molar-refractivity contribution in [3.63, 3.8) is 0 Å². The summed E-state index contributed by atoms with van der Waals surface area (Å²) < 4.78 is 0. The maximum Gasteiger partial charge on any atom is 0.242 e. The van der Waals surface area contributed by atoms with Crippen molar-refractivity contribution in [2.75, 3.05) is 12.8 Å². The Morgan fingerprint density at radius 3 is 2.38 bits per heavy atom. The molecule has 0 radical (unpaired) electrons. The third-order valence-electron chi connectivity index (χ3n) is 4.71. The molecule has 0 saturated carbocycles. The summed E-state index contributed by atoms with van der Waals surface area (Å²) in [5, 5.41) is 3.27. The van der Waals surface area contributed by atoms with E-state index < -0.39 is 6.04 Å². The molecular weight excluding hydrogens is 404 g/mol. The predicted molar refractivity (Wildman–Crippen MR) is 122 cm³/mol. The summed E-state index contributed by atoms with van der Waals surface area (Å²) in [6, 6.07) is 13.3. The van der Waals surface area contributed by atoms with E-state index in [1.54, 1.807) is 29.8 Å². The smallest absolute Gasteiger partial charge is 0.242 e. The minimum absolute atomic E-state index is 0.0604. The van der Waals surface area contributed by atoms with Crippen molar-refractivity contribution in [1.82, 2.24) is 10.2 Å². The number of hydrogen-bond acceptors (Lipinski definition) is 3. The third-order valence-corrected chi connectivity index (χ3v) is 6.06. The van der Waals surface area contributed by atoms with Crippen LogP contribution < -0.4 is 5.32 Å². The van der Waals surface area contributed by atoms with Crippen LogP contribution in [0.1, 0.15) is 35.6 Å². The Labute approximate surface area is 183 Å². The Kier molecular flexibility index (Phi) is 9.05. The first kappa shape index (κ1) is 23.3. The van der Waals surface area contributed by atoms with Gasteiger partial charge < -0.3 is 10.2 Å². The van der Waals surface area contributed by atoms with Crippen molar-refractivity contribution in [2.45, 2.75) is 45.5 Å². The molecule has 0 unspecified atom stereocenters. The molecule has 2 aromatic rings. The van der Waals surface area contributed by atoms with E-state index in [2.05, 4.69) is 37.4 Å². The number of likely N-dealkylation sites (N-methyl/N-ethyl adjacent to an activating group) is 1. The lowest BCUT2D eigenvalue weighted by Crippen LogP contribution is -2.48. The van der Waals surface area contributed by atoms with Gasteiger partial charge in [-0.3, -0.25) is 9.59 Å². The Morgan fingerprint density at radius 1 is 1.14 bits per heavy atom. The summed E-state index contributed by atoms with van der Waals surface area (Å²) in [5.41, 5.74) is 4.48. The average Bonchev–Trinajstić information content (AvgIpc) is 2.68. The molecule has 2 rings (SSSR count). The molecule has 156 valence electrons. The number of hydrogen-bond donors (Lipinski definition) is 1. The summed E-state index contributed by atoms with van der Waals surface area (Å²) >= 11 is 7.87.